The topological polar surface area (TPSA) is 21.3 Å². The molecule has 0 bridgehead atoms. The van der Waals surface area contributed by atoms with E-state index in [1.54, 1.807) is 7.11 Å². The fourth-order valence-corrected chi connectivity index (χ4v) is 2.26. The van der Waals surface area contributed by atoms with Gasteiger partial charge in [-0.3, -0.25) is 0 Å². The maximum Gasteiger partial charge on any atom is 0.118 e. The van der Waals surface area contributed by atoms with Gasteiger partial charge in [-0.1, -0.05) is 42.5 Å². The maximum atomic E-state index is 5.16. The molecule has 1 atom stereocenters. The van der Waals surface area contributed by atoms with Gasteiger partial charge in [-0.05, 0) is 49.6 Å². The molecule has 2 aromatic carbocycles. The highest BCUT2D eigenvalue weighted by atomic mass is 16.5. The molecule has 2 aromatic rings. The zero-order valence-electron chi connectivity index (χ0n) is 12.3. The zero-order chi connectivity index (χ0) is 14.2. The van der Waals surface area contributed by atoms with Crippen molar-refractivity contribution < 1.29 is 4.74 Å². The summed E-state index contributed by atoms with van der Waals surface area (Å²) in [5.41, 5.74) is 2.71. The first kappa shape index (κ1) is 14.6. The average Bonchev–Trinajstić information content (AvgIpc) is 2.53. The van der Waals surface area contributed by atoms with Gasteiger partial charge in [0, 0.05) is 6.04 Å². The van der Waals surface area contributed by atoms with E-state index in [1.807, 2.05) is 12.1 Å². The minimum Gasteiger partial charge on any atom is -0.497 e. The van der Waals surface area contributed by atoms with Crippen LogP contribution in [0.25, 0.3) is 0 Å². The van der Waals surface area contributed by atoms with Gasteiger partial charge in [0.15, 0.2) is 0 Å². The van der Waals surface area contributed by atoms with Crippen LogP contribution in [0.1, 0.15) is 30.5 Å². The van der Waals surface area contributed by atoms with Gasteiger partial charge in [0.25, 0.3) is 0 Å². The summed E-state index contributed by atoms with van der Waals surface area (Å²) in [5.74, 6) is 0.921. The van der Waals surface area contributed by atoms with Crippen LogP contribution in [0.15, 0.2) is 54.6 Å². The summed E-state index contributed by atoms with van der Waals surface area (Å²) >= 11 is 0. The highest BCUT2D eigenvalue weighted by molar-refractivity contribution is 5.27. The smallest absolute Gasteiger partial charge is 0.118 e. The van der Waals surface area contributed by atoms with Crippen molar-refractivity contribution in [3.8, 4) is 5.75 Å². The molecule has 1 N–H and O–H groups in total. The predicted molar refractivity (Wildman–Crippen MR) is 84.2 cm³/mol. The Hall–Kier alpha value is -1.80. The SMILES string of the molecule is COc1ccc(CCCNC(C)c2ccccc2)cc1. The first-order valence-electron chi connectivity index (χ1n) is 7.21. The van der Waals surface area contributed by atoms with E-state index in [4.69, 9.17) is 4.74 Å². The Balaban J connectivity index is 1.70. The molecule has 0 fully saturated rings. The van der Waals surface area contributed by atoms with Crippen molar-refractivity contribution in [2.45, 2.75) is 25.8 Å². The van der Waals surface area contributed by atoms with Crippen LogP contribution in [0.3, 0.4) is 0 Å². The maximum absolute atomic E-state index is 5.16. The lowest BCUT2D eigenvalue weighted by Crippen LogP contribution is -2.20. The summed E-state index contributed by atoms with van der Waals surface area (Å²) in [6, 6.07) is 19.3. The molecule has 0 saturated carbocycles. The van der Waals surface area contributed by atoms with Crippen molar-refractivity contribution in [1.82, 2.24) is 5.32 Å². The van der Waals surface area contributed by atoms with E-state index in [-0.39, 0.29) is 0 Å². The number of methoxy groups -OCH3 is 1. The lowest BCUT2D eigenvalue weighted by atomic mass is 10.1. The van der Waals surface area contributed by atoms with Gasteiger partial charge >= 0.3 is 0 Å². The quantitative estimate of drug-likeness (QED) is 0.768. The van der Waals surface area contributed by atoms with Crippen molar-refractivity contribution in [2.75, 3.05) is 13.7 Å². The average molecular weight is 269 g/mol. The lowest BCUT2D eigenvalue weighted by Gasteiger charge is -2.14. The second kappa shape index (κ2) is 7.71. The second-order valence-electron chi connectivity index (χ2n) is 5.04. The number of nitrogens with one attached hydrogen (secondary N) is 1. The molecular formula is C18H23NO. The van der Waals surface area contributed by atoms with E-state index in [0.717, 1.165) is 25.1 Å². The number of benzene rings is 2. The van der Waals surface area contributed by atoms with E-state index < -0.39 is 0 Å². The van der Waals surface area contributed by atoms with Gasteiger partial charge in [0.05, 0.1) is 7.11 Å². The highest BCUT2D eigenvalue weighted by Gasteiger charge is 2.03. The Kier molecular flexibility index (Phi) is 5.63. The largest absolute Gasteiger partial charge is 0.497 e. The van der Waals surface area contributed by atoms with E-state index >= 15 is 0 Å². The van der Waals surface area contributed by atoms with E-state index in [2.05, 4.69) is 54.7 Å². The molecule has 106 valence electrons. The number of ether oxygens (including phenoxy) is 1. The zero-order valence-corrected chi connectivity index (χ0v) is 12.3. The molecular weight excluding hydrogens is 246 g/mol. The molecule has 0 spiro atoms. The summed E-state index contributed by atoms with van der Waals surface area (Å²) < 4.78 is 5.16. The summed E-state index contributed by atoms with van der Waals surface area (Å²) in [5, 5.41) is 3.57. The number of hydrogen-bond donors (Lipinski definition) is 1. The molecule has 0 amide bonds. The standard InChI is InChI=1S/C18H23NO/c1-15(17-8-4-3-5-9-17)19-14-6-7-16-10-12-18(20-2)13-11-16/h3-5,8-13,15,19H,6-7,14H2,1-2H3. The molecule has 2 heteroatoms. The first-order chi connectivity index (χ1) is 9.79. The summed E-state index contributed by atoms with van der Waals surface area (Å²) in [6.07, 6.45) is 2.24. The lowest BCUT2D eigenvalue weighted by molar-refractivity contribution is 0.414. The molecule has 0 aliphatic heterocycles. The van der Waals surface area contributed by atoms with Gasteiger partial charge in [0.2, 0.25) is 0 Å². The molecule has 0 saturated heterocycles. The fraction of sp³-hybridized carbons (Fsp3) is 0.333. The van der Waals surface area contributed by atoms with Gasteiger partial charge in [-0.2, -0.15) is 0 Å². The second-order valence-corrected chi connectivity index (χ2v) is 5.04. The van der Waals surface area contributed by atoms with Crippen molar-refractivity contribution in [3.05, 3.63) is 65.7 Å². The van der Waals surface area contributed by atoms with Crippen LogP contribution in [0.2, 0.25) is 0 Å². The summed E-state index contributed by atoms with van der Waals surface area (Å²) in [4.78, 5) is 0. The highest BCUT2D eigenvalue weighted by Crippen LogP contribution is 2.13. The van der Waals surface area contributed by atoms with E-state index in [1.165, 1.54) is 11.1 Å². The third-order valence-corrected chi connectivity index (χ3v) is 3.55. The van der Waals surface area contributed by atoms with Crippen LogP contribution in [0.5, 0.6) is 5.75 Å². The summed E-state index contributed by atoms with van der Waals surface area (Å²) in [6.45, 7) is 3.24. The van der Waals surface area contributed by atoms with Crippen molar-refractivity contribution >= 4 is 0 Å². The van der Waals surface area contributed by atoms with Crippen LogP contribution >= 0.6 is 0 Å². The Labute approximate surface area is 121 Å². The predicted octanol–water partition coefficient (Wildman–Crippen LogP) is 3.98. The molecule has 0 aliphatic carbocycles. The van der Waals surface area contributed by atoms with Crippen LogP contribution in [-0.2, 0) is 6.42 Å². The van der Waals surface area contributed by atoms with Crippen molar-refractivity contribution in [1.29, 1.82) is 0 Å². The van der Waals surface area contributed by atoms with Gasteiger partial charge in [0.1, 0.15) is 5.75 Å². The minimum atomic E-state index is 0.409. The van der Waals surface area contributed by atoms with Crippen molar-refractivity contribution in [2.24, 2.45) is 0 Å². The molecule has 20 heavy (non-hydrogen) atoms. The molecule has 0 heterocycles. The Morgan fingerprint density at radius 1 is 1.00 bits per heavy atom. The molecule has 2 rings (SSSR count). The van der Waals surface area contributed by atoms with Gasteiger partial charge in [-0.25, -0.2) is 0 Å². The van der Waals surface area contributed by atoms with E-state index in [9.17, 15) is 0 Å². The Morgan fingerprint density at radius 2 is 1.70 bits per heavy atom. The monoisotopic (exact) mass is 269 g/mol. The Bertz CT molecular complexity index is 493. The van der Waals surface area contributed by atoms with Crippen LogP contribution in [-0.4, -0.2) is 13.7 Å². The van der Waals surface area contributed by atoms with Crippen LogP contribution < -0.4 is 10.1 Å². The number of aryl methyl sites for hydroxylation is 1. The number of rotatable bonds is 7. The molecule has 0 radical (unpaired) electrons. The van der Waals surface area contributed by atoms with Crippen molar-refractivity contribution in [3.63, 3.8) is 0 Å². The van der Waals surface area contributed by atoms with Gasteiger partial charge in [-0.15, -0.1) is 0 Å². The molecule has 2 nitrogen and oxygen atoms in total. The first-order valence-corrected chi connectivity index (χ1v) is 7.21. The third-order valence-electron chi connectivity index (χ3n) is 3.55. The molecule has 1 unspecified atom stereocenters. The van der Waals surface area contributed by atoms with Gasteiger partial charge < -0.3 is 10.1 Å². The molecule has 0 aromatic heterocycles. The number of hydrogen-bond acceptors (Lipinski definition) is 2. The minimum absolute atomic E-state index is 0.409. The Morgan fingerprint density at radius 3 is 2.35 bits per heavy atom. The fourth-order valence-electron chi connectivity index (χ4n) is 2.26. The van der Waals surface area contributed by atoms with E-state index in [0.29, 0.717) is 6.04 Å². The van der Waals surface area contributed by atoms with Crippen LogP contribution in [0, 0.1) is 0 Å². The normalized spacial score (nSPS) is 12.1. The van der Waals surface area contributed by atoms with Crippen LogP contribution in [0.4, 0.5) is 0 Å². The third kappa shape index (κ3) is 4.39. The molecule has 0 aliphatic rings. The summed E-state index contributed by atoms with van der Waals surface area (Å²) in [7, 11) is 1.70.